The van der Waals surface area contributed by atoms with Crippen molar-refractivity contribution in [3.8, 4) is 5.69 Å². The van der Waals surface area contributed by atoms with Crippen molar-refractivity contribution in [2.75, 3.05) is 0 Å². The molecule has 2 aromatic rings. The number of rotatable bonds is 1. The van der Waals surface area contributed by atoms with Gasteiger partial charge < -0.3 is 0 Å². The Morgan fingerprint density at radius 3 is 2.79 bits per heavy atom. The molecule has 72 valence electrons. The highest BCUT2D eigenvalue weighted by molar-refractivity contribution is 14.1. The Labute approximate surface area is 104 Å². The summed E-state index contributed by atoms with van der Waals surface area (Å²) in [6.45, 7) is 1.88. The van der Waals surface area contributed by atoms with E-state index >= 15 is 0 Å². The fraction of sp³-hybridized carbons (Fsp3) is 0.111. The smallest absolute Gasteiger partial charge is 0.147 e. The van der Waals surface area contributed by atoms with Gasteiger partial charge >= 0.3 is 0 Å². The predicted molar refractivity (Wildman–Crippen MR) is 66.5 cm³/mol. The Bertz CT molecular complexity index is 467. The number of benzene rings is 1. The fourth-order valence-corrected chi connectivity index (χ4v) is 2.68. The van der Waals surface area contributed by atoms with E-state index in [1.54, 1.807) is 11.0 Å². The first-order chi connectivity index (χ1) is 6.66. The molecule has 0 bridgehead atoms. The van der Waals surface area contributed by atoms with Crippen molar-refractivity contribution in [3.63, 3.8) is 0 Å². The molecule has 0 spiro atoms. The number of hydrogen-bond acceptors (Lipinski definition) is 2. The lowest BCUT2D eigenvalue weighted by Gasteiger charge is -2.03. The first kappa shape index (κ1) is 10.1. The van der Waals surface area contributed by atoms with Crippen LogP contribution < -0.4 is 0 Å². The average molecular weight is 364 g/mol. The Hall–Kier alpha value is -0.430. The highest BCUT2D eigenvalue weighted by Crippen LogP contribution is 2.20. The molecular formula is C9H7BrIN3. The van der Waals surface area contributed by atoms with E-state index in [0.29, 0.717) is 0 Å². The summed E-state index contributed by atoms with van der Waals surface area (Å²) >= 11 is 5.70. The summed E-state index contributed by atoms with van der Waals surface area (Å²) in [5.41, 5.74) is 1.05. The molecule has 0 radical (unpaired) electrons. The average Bonchev–Trinajstić information content (AvgIpc) is 2.51. The molecule has 0 saturated carbocycles. The van der Waals surface area contributed by atoms with Crippen molar-refractivity contribution in [3.05, 3.63) is 38.4 Å². The van der Waals surface area contributed by atoms with Gasteiger partial charge in [-0.2, -0.15) is 5.10 Å². The Morgan fingerprint density at radius 2 is 2.21 bits per heavy atom. The van der Waals surface area contributed by atoms with Crippen LogP contribution in [-0.4, -0.2) is 14.8 Å². The molecule has 0 aliphatic carbocycles. The van der Waals surface area contributed by atoms with Gasteiger partial charge in [-0.1, -0.05) is 15.9 Å². The second-order valence-electron chi connectivity index (χ2n) is 2.83. The van der Waals surface area contributed by atoms with Crippen LogP contribution in [0.5, 0.6) is 0 Å². The van der Waals surface area contributed by atoms with Crippen molar-refractivity contribution < 1.29 is 0 Å². The molecule has 0 N–H and O–H groups in total. The lowest BCUT2D eigenvalue weighted by molar-refractivity contribution is 0.858. The predicted octanol–water partition coefficient (Wildman–Crippen LogP) is 2.94. The van der Waals surface area contributed by atoms with Crippen LogP contribution in [0.15, 0.2) is 29.0 Å². The van der Waals surface area contributed by atoms with E-state index < -0.39 is 0 Å². The van der Waals surface area contributed by atoms with Crippen LogP contribution in [-0.2, 0) is 0 Å². The van der Waals surface area contributed by atoms with E-state index in [1.165, 1.54) is 0 Å². The first-order valence-corrected chi connectivity index (χ1v) is 5.87. The van der Waals surface area contributed by atoms with Crippen molar-refractivity contribution in [1.82, 2.24) is 14.8 Å². The van der Waals surface area contributed by atoms with Crippen LogP contribution in [0.1, 0.15) is 5.82 Å². The SMILES string of the molecule is Cc1ncn(-c2ccc(Br)cc2I)n1. The molecule has 1 aromatic carbocycles. The van der Waals surface area contributed by atoms with E-state index in [1.807, 2.05) is 25.1 Å². The van der Waals surface area contributed by atoms with Crippen LogP contribution in [0, 0.1) is 10.5 Å². The topological polar surface area (TPSA) is 30.7 Å². The van der Waals surface area contributed by atoms with E-state index in [0.717, 1.165) is 19.6 Å². The van der Waals surface area contributed by atoms with Gasteiger partial charge in [0.25, 0.3) is 0 Å². The standard InChI is InChI=1S/C9H7BrIN3/c1-6-12-5-14(13-6)9-3-2-7(10)4-8(9)11/h2-5H,1H3. The monoisotopic (exact) mass is 363 g/mol. The highest BCUT2D eigenvalue weighted by atomic mass is 127. The van der Waals surface area contributed by atoms with E-state index in [9.17, 15) is 0 Å². The molecule has 0 atom stereocenters. The molecule has 0 saturated heterocycles. The number of nitrogens with zero attached hydrogens (tertiary/aromatic N) is 3. The summed E-state index contributed by atoms with van der Waals surface area (Å²) in [4.78, 5) is 4.09. The second-order valence-corrected chi connectivity index (χ2v) is 4.91. The van der Waals surface area contributed by atoms with Gasteiger partial charge in [0.15, 0.2) is 0 Å². The number of aryl methyl sites for hydroxylation is 1. The van der Waals surface area contributed by atoms with Crippen molar-refractivity contribution in [2.45, 2.75) is 6.92 Å². The third kappa shape index (κ3) is 1.98. The molecule has 0 aliphatic rings. The molecule has 0 unspecified atom stereocenters. The molecule has 14 heavy (non-hydrogen) atoms. The van der Waals surface area contributed by atoms with Crippen LogP contribution >= 0.6 is 38.5 Å². The van der Waals surface area contributed by atoms with Gasteiger partial charge in [-0.05, 0) is 47.7 Å². The fourth-order valence-electron chi connectivity index (χ4n) is 1.13. The van der Waals surface area contributed by atoms with Crippen molar-refractivity contribution in [2.24, 2.45) is 0 Å². The van der Waals surface area contributed by atoms with Gasteiger partial charge in [-0.15, -0.1) is 0 Å². The third-order valence-corrected chi connectivity index (χ3v) is 3.12. The zero-order valence-corrected chi connectivity index (χ0v) is 11.2. The van der Waals surface area contributed by atoms with Gasteiger partial charge in [-0.3, -0.25) is 0 Å². The summed E-state index contributed by atoms with van der Waals surface area (Å²) < 4.78 is 3.99. The van der Waals surface area contributed by atoms with Crippen molar-refractivity contribution in [1.29, 1.82) is 0 Å². The minimum atomic E-state index is 0.781. The van der Waals surface area contributed by atoms with E-state index in [-0.39, 0.29) is 0 Å². The number of halogens is 2. The maximum absolute atomic E-state index is 4.26. The largest absolute Gasteiger partial charge is 0.220 e. The summed E-state index contributed by atoms with van der Waals surface area (Å²) in [7, 11) is 0. The Morgan fingerprint density at radius 1 is 1.43 bits per heavy atom. The van der Waals surface area contributed by atoms with Gasteiger partial charge in [0.05, 0.1) is 5.69 Å². The van der Waals surface area contributed by atoms with Gasteiger partial charge in [0.2, 0.25) is 0 Å². The maximum Gasteiger partial charge on any atom is 0.147 e. The van der Waals surface area contributed by atoms with Crippen LogP contribution in [0.2, 0.25) is 0 Å². The first-order valence-electron chi connectivity index (χ1n) is 4.00. The quantitative estimate of drug-likeness (QED) is 0.729. The Kier molecular flexibility index (Phi) is 2.87. The van der Waals surface area contributed by atoms with Crippen LogP contribution in [0.25, 0.3) is 5.69 Å². The summed E-state index contributed by atoms with van der Waals surface area (Å²) in [6, 6.07) is 6.06. The second kappa shape index (κ2) is 3.98. The highest BCUT2D eigenvalue weighted by Gasteiger charge is 2.04. The zero-order valence-electron chi connectivity index (χ0n) is 7.41. The minimum absolute atomic E-state index is 0.781. The summed E-state index contributed by atoms with van der Waals surface area (Å²) in [5, 5.41) is 4.26. The van der Waals surface area contributed by atoms with Gasteiger partial charge in [0.1, 0.15) is 12.2 Å². The Balaban J connectivity index is 2.52. The molecule has 0 fully saturated rings. The van der Waals surface area contributed by atoms with Gasteiger partial charge in [-0.25, -0.2) is 9.67 Å². The third-order valence-electron chi connectivity index (χ3n) is 1.76. The lowest BCUT2D eigenvalue weighted by Crippen LogP contribution is -1.97. The van der Waals surface area contributed by atoms with Gasteiger partial charge in [0, 0.05) is 8.04 Å². The van der Waals surface area contributed by atoms with Crippen LogP contribution in [0.3, 0.4) is 0 Å². The summed E-state index contributed by atoms with van der Waals surface area (Å²) in [5.74, 6) is 0.781. The molecule has 0 amide bonds. The molecule has 5 heteroatoms. The molecule has 2 rings (SSSR count). The molecular weight excluding hydrogens is 357 g/mol. The lowest BCUT2D eigenvalue weighted by atomic mass is 10.3. The molecule has 1 aromatic heterocycles. The van der Waals surface area contributed by atoms with Crippen molar-refractivity contribution >= 4 is 38.5 Å². The molecule has 3 nitrogen and oxygen atoms in total. The maximum atomic E-state index is 4.26. The minimum Gasteiger partial charge on any atom is -0.220 e. The number of aromatic nitrogens is 3. The summed E-state index contributed by atoms with van der Waals surface area (Å²) in [6.07, 6.45) is 1.72. The normalized spacial score (nSPS) is 10.5. The molecule has 1 heterocycles. The number of hydrogen-bond donors (Lipinski definition) is 0. The molecule has 0 aliphatic heterocycles. The van der Waals surface area contributed by atoms with E-state index in [4.69, 9.17) is 0 Å². The zero-order chi connectivity index (χ0) is 10.1. The van der Waals surface area contributed by atoms with Crippen LogP contribution in [0.4, 0.5) is 0 Å². The van der Waals surface area contributed by atoms with E-state index in [2.05, 4.69) is 48.6 Å².